The average molecular weight is 867 g/mol. The molecule has 1 heterocycles. The van der Waals surface area contributed by atoms with Crippen LogP contribution in [0.1, 0.15) is 58.4 Å². The van der Waals surface area contributed by atoms with Crippen LogP contribution in [-0.2, 0) is 10.8 Å². The lowest BCUT2D eigenvalue weighted by Gasteiger charge is -2.37. The highest BCUT2D eigenvalue weighted by atomic mass is 15.2. The molecular weight excluding hydrogens is 821 g/mol. The second kappa shape index (κ2) is 14.5. The van der Waals surface area contributed by atoms with Gasteiger partial charge in [-0.1, -0.05) is 208 Å². The van der Waals surface area contributed by atoms with Crippen LogP contribution >= 0.6 is 0 Å². The number of hydrogen-bond acceptors (Lipinski definition) is 2. The Kier molecular flexibility index (Phi) is 8.28. The summed E-state index contributed by atoms with van der Waals surface area (Å²) in [6, 6.07) is 86.4. The van der Waals surface area contributed by atoms with Gasteiger partial charge in [0.1, 0.15) is 0 Å². The lowest BCUT2D eigenvalue weighted by molar-refractivity contribution is 0.660. The average Bonchev–Trinajstić information content (AvgIpc) is 3.67. The zero-order valence-corrected chi connectivity index (χ0v) is 38.0. The van der Waals surface area contributed by atoms with Crippen molar-refractivity contribution in [2.24, 2.45) is 0 Å². The molecule has 0 unspecified atom stereocenters. The number of nitrogens with zero attached hydrogens (tertiary/aromatic N) is 2. The molecule has 1 spiro atoms. The van der Waals surface area contributed by atoms with Crippen molar-refractivity contribution in [1.29, 1.82) is 0 Å². The highest BCUT2D eigenvalue weighted by molar-refractivity contribution is 6.08. The van der Waals surface area contributed by atoms with Crippen molar-refractivity contribution in [3.8, 4) is 44.5 Å². The van der Waals surface area contributed by atoms with Crippen molar-refractivity contribution in [3.05, 3.63) is 275 Å². The zero-order valence-electron chi connectivity index (χ0n) is 38.0. The molecule has 4 aliphatic rings. The van der Waals surface area contributed by atoms with Gasteiger partial charge in [-0.25, -0.2) is 0 Å². The summed E-state index contributed by atoms with van der Waals surface area (Å²) in [5.74, 6) is 0. The number of fused-ring (bicyclic) bond motifs is 17. The second-order valence-corrected chi connectivity index (χ2v) is 19.2. The minimum absolute atomic E-state index is 0.195. The van der Waals surface area contributed by atoms with E-state index >= 15 is 0 Å². The molecule has 0 fully saturated rings. The summed E-state index contributed by atoms with van der Waals surface area (Å²) < 4.78 is 0. The van der Waals surface area contributed by atoms with Crippen LogP contribution in [0.4, 0.5) is 34.1 Å². The molecule has 0 amide bonds. The number of rotatable bonds is 4. The minimum Gasteiger partial charge on any atom is -0.308 e. The van der Waals surface area contributed by atoms with Crippen LogP contribution in [0.3, 0.4) is 0 Å². The highest BCUT2D eigenvalue weighted by Crippen LogP contribution is 2.61. The van der Waals surface area contributed by atoms with E-state index in [0.29, 0.717) is 0 Å². The van der Waals surface area contributed by atoms with E-state index in [1.165, 1.54) is 89.0 Å². The first-order valence-corrected chi connectivity index (χ1v) is 23.8. The van der Waals surface area contributed by atoms with E-state index in [0.717, 1.165) is 34.1 Å². The quantitative estimate of drug-likeness (QED) is 0.174. The molecule has 2 nitrogen and oxygen atoms in total. The van der Waals surface area contributed by atoms with E-state index < -0.39 is 5.41 Å². The van der Waals surface area contributed by atoms with Gasteiger partial charge in [0.15, 0.2) is 0 Å². The van der Waals surface area contributed by atoms with Gasteiger partial charge in [-0.05, 0) is 126 Å². The Morgan fingerprint density at radius 2 is 0.809 bits per heavy atom. The molecule has 0 N–H and O–H groups in total. The maximum absolute atomic E-state index is 2.56. The van der Waals surface area contributed by atoms with E-state index in [9.17, 15) is 0 Å². The van der Waals surface area contributed by atoms with Crippen LogP contribution in [-0.4, -0.2) is 0 Å². The monoisotopic (exact) mass is 866 g/mol. The molecule has 0 radical (unpaired) electrons. The van der Waals surface area contributed by atoms with Gasteiger partial charge in [0.05, 0.1) is 22.5 Å². The molecule has 2 heteroatoms. The standard InChI is InChI=1S/C66H46N2/c1-65(2)58-31-15-10-25-50(58)52-39-37-46(41-60(52)65)67(63-34-18-28-55-49-24-9-8-23-48(49)54-27-12-17-33-62(54)68(64(55)63)45-21-4-3-5-22-45)47-38-40-53-51-26-11-16-32-59(51)66(61(53)42-47)56-29-13-6-19-43(56)35-36-44-20-7-14-30-57(44)66/h3-42H,1-2H3. The summed E-state index contributed by atoms with van der Waals surface area (Å²) in [4.78, 5) is 5.07. The van der Waals surface area contributed by atoms with Gasteiger partial charge in [0, 0.05) is 33.6 Å². The lowest BCUT2D eigenvalue weighted by Crippen LogP contribution is -2.30. The van der Waals surface area contributed by atoms with E-state index in [1.54, 1.807) is 0 Å². The zero-order chi connectivity index (χ0) is 45.1. The maximum atomic E-state index is 2.56. The van der Waals surface area contributed by atoms with Crippen LogP contribution in [0.15, 0.2) is 231 Å². The summed E-state index contributed by atoms with van der Waals surface area (Å²) in [6.45, 7) is 4.77. The van der Waals surface area contributed by atoms with Crippen molar-refractivity contribution >= 4 is 46.3 Å². The van der Waals surface area contributed by atoms with Crippen molar-refractivity contribution in [2.75, 3.05) is 9.80 Å². The van der Waals surface area contributed by atoms with Gasteiger partial charge < -0.3 is 9.80 Å². The number of anilines is 6. The Morgan fingerprint density at radius 3 is 1.49 bits per heavy atom. The molecule has 0 atom stereocenters. The molecule has 3 aliphatic carbocycles. The third kappa shape index (κ3) is 5.29. The van der Waals surface area contributed by atoms with E-state index in [-0.39, 0.29) is 5.41 Å². The molecular formula is C66H46N2. The fraction of sp³-hybridized carbons (Fsp3) is 0.0606. The minimum atomic E-state index is -0.576. The highest BCUT2D eigenvalue weighted by Gasteiger charge is 2.49. The van der Waals surface area contributed by atoms with Crippen molar-refractivity contribution in [1.82, 2.24) is 0 Å². The summed E-state index contributed by atoms with van der Waals surface area (Å²) in [7, 11) is 0. The Labute approximate surface area is 398 Å². The van der Waals surface area contributed by atoms with Crippen molar-refractivity contribution < 1.29 is 0 Å². The predicted molar refractivity (Wildman–Crippen MR) is 284 cm³/mol. The molecule has 10 aromatic carbocycles. The smallest absolute Gasteiger partial charge is 0.0781 e. The van der Waals surface area contributed by atoms with Crippen LogP contribution in [0.5, 0.6) is 0 Å². The van der Waals surface area contributed by atoms with Crippen LogP contribution in [0, 0.1) is 0 Å². The molecule has 14 rings (SSSR count). The molecule has 0 aromatic heterocycles. The van der Waals surface area contributed by atoms with Crippen molar-refractivity contribution in [3.63, 3.8) is 0 Å². The predicted octanol–water partition coefficient (Wildman–Crippen LogP) is 17.4. The van der Waals surface area contributed by atoms with Gasteiger partial charge in [0.2, 0.25) is 0 Å². The molecule has 1 aliphatic heterocycles. The van der Waals surface area contributed by atoms with Crippen LogP contribution in [0.2, 0.25) is 0 Å². The van der Waals surface area contributed by atoms with Gasteiger partial charge in [0.25, 0.3) is 0 Å². The Bertz CT molecular complexity index is 3690. The molecule has 0 saturated heterocycles. The SMILES string of the molecule is CC1(C)c2ccccc2-c2ccc(N(c3ccc4c(c3)C3(c5ccccc5C=Cc5ccccc53)c3ccccc3-4)c3cccc4c3N(c3ccccc3)c3ccccc3-c3ccccc3-4)cc21. The van der Waals surface area contributed by atoms with Crippen LogP contribution in [0.25, 0.3) is 56.7 Å². The van der Waals surface area contributed by atoms with E-state index in [4.69, 9.17) is 0 Å². The van der Waals surface area contributed by atoms with E-state index in [2.05, 4.69) is 266 Å². The first-order chi connectivity index (χ1) is 33.5. The molecule has 68 heavy (non-hydrogen) atoms. The maximum Gasteiger partial charge on any atom is 0.0781 e. The fourth-order valence-electron chi connectivity index (χ4n) is 12.5. The van der Waals surface area contributed by atoms with Crippen molar-refractivity contribution in [2.45, 2.75) is 24.7 Å². The second-order valence-electron chi connectivity index (χ2n) is 19.2. The molecule has 10 aromatic rings. The Morgan fingerprint density at radius 1 is 0.338 bits per heavy atom. The summed E-state index contributed by atoms with van der Waals surface area (Å²) in [5.41, 5.74) is 26.3. The van der Waals surface area contributed by atoms with Gasteiger partial charge in [-0.15, -0.1) is 0 Å². The summed E-state index contributed by atoms with van der Waals surface area (Å²) in [5, 5.41) is 0. The van der Waals surface area contributed by atoms with Gasteiger partial charge >= 0.3 is 0 Å². The Hall–Kier alpha value is -8.46. The normalized spacial score (nSPS) is 14.5. The molecule has 0 bridgehead atoms. The largest absolute Gasteiger partial charge is 0.308 e. The first kappa shape index (κ1) is 38.8. The topological polar surface area (TPSA) is 6.48 Å². The van der Waals surface area contributed by atoms with Gasteiger partial charge in [-0.2, -0.15) is 0 Å². The number of para-hydroxylation sites is 3. The third-order valence-corrected chi connectivity index (χ3v) is 15.4. The molecule has 0 saturated carbocycles. The lowest BCUT2D eigenvalue weighted by atomic mass is 9.66. The number of benzene rings is 10. The summed E-state index contributed by atoms with van der Waals surface area (Å²) >= 11 is 0. The summed E-state index contributed by atoms with van der Waals surface area (Å²) in [6.07, 6.45) is 4.63. The van der Waals surface area contributed by atoms with E-state index in [1.807, 2.05) is 0 Å². The Balaban J connectivity index is 1.10. The molecule has 320 valence electrons. The number of hydrogen-bond donors (Lipinski definition) is 0. The fourth-order valence-corrected chi connectivity index (χ4v) is 12.5. The first-order valence-electron chi connectivity index (χ1n) is 23.8. The third-order valence-electron chi connectivity index (χ3n) is 15.4. The van der Waals surface area contributed by atoms with Crippen LogP contribution < -0.4 is 9.80 Å². The van der Waals surface area contributed by atoms with Gasteiger partial charge in [-0.3, -0.25) is 0 Å².